The smallest absolute Gasteiger partial charge is 0.353 e. The number of aliphatic hydroxyl groups excluding tert-OH is 1. The molecule has 0 saturated heterocycles. The van der Waals surface area contributed by atoms with Crippen LogP contribution in [0.15, 0.2) is 12.3 Å². The van der Waals surface area contributed by atoms with Crippen molar-refractivity contribution >= 4 is 5.69 Å². The molecule has 9 nitrogen and oxygen atoms in total. The van der Waals surface area contributed by atoms with Crippen LogP contribution in [-0.4, -0.2) is 42.8 Å². The minimum absolute atomic E-state index is 0.0464. The van der Waals surface area contributed by atoms with Gasteiger partial charge in [0.05, 0.1) is 17.7 Å². The second-order valence-electron chi connectivity index (χ2n) is 4.15. The Kier molecular flexibility index (Phi) is 3.99. The fourth-order valence-electron chi connectivity index (χ4n) is 1.81. The molecular formula is C11H15N5O4. The monoisotopic (exact) mass is 281 g/mol. The number of rotatable bonds is 6. The number of nitrogens with zero attached hydrogens (tertiary/aromatic N) is 5. The SMILES string of the molecule is Cc1c([N+](=O)[O-])c(OCCCO)nn1-c1ccnn1C. The van der Waals surface area contributed by atoms with E-state index in [1.807, 2.05) is 0 Å². The largest absolute Gasteiger partial charge is 0.472 e. The summed E-state index contributed by atoms with van der Waals surface area (Å²) < 4.78 is 8.25. The van der Waals surface area contributed by atoms with Crippen LogP contribution in [0.2, 0.25) is 0 Å². The lowest BCUT2D eigenvalue weighted by molar-refractivity contribution is -0.386. The van der Waals surface area contributed by atoms with Gasteiger partial charge in [-0.1, -0.05) is 0 Å². The van der Waals surface area contributed by atoms with E-state index in [4.69, 9.17) is 9.84 Å². The van der Waals surface area contributed by atoms with Crippen LogP contribution in [0.1, 0.15) is 12.1 Å². The summed E-state index contributed by atoms with van der Waals surface area (Å²) in [6.45, 7) is 1.71. The molecule has 9 heteroatoms. The predicted molar refractivity (Wildman–Crippen MR) is 68.9 cm³/mol. The molecule has 0 saturated carbocycles. The minimum Gasteiger partial charge on any atom is -0.472 e. The van der Waals surface area contributed by atoms with Crippen LogP contribution in [0.4, 0.5) is 5.69 Å². The number of aromatic nitrogens is 4. The van der Waals surface area contributed by atoms with E-state index >= 15 is 0 Å². The summed E-state index contributed by atoms with van der Waals surface area (Å²) >= 11 is 0. The lowest BCUT2D eigenvalue weighted by Gasteiger charge is -2.02. The first-order valence-corrected chi connectivity index (χ1v) is 6.02. The topological polar surface area (TPSA) is 108 Å². The molecule has 2 rings (SSSR count). The molecule has 0 bridgehead atoms. The van der Waals surface area contributed by atoms with E-state index in [-0.39, 0.29) is 24.8 Å². The Labute approximate surface area is 114 Å². The van der Waals surface area contributed by atoms with Gasteiger partial charge in [-0.05, 0) is 6.92 Å². The normalized spacial score (nSPS) is 10.8. The highest BCUT2D eigenvalue weighted by Crippen LogP contribution is 2.31. The first-order chi connectivity index (χ1) is 9.56. The van der Waals surface area contributed by atoms with E-state index in [9.17, 15) is 10.1 Å². The number of ether oxygens (including phenoxy) is 1. The van der Waals surface area contributed by atoms with Gasteiger partial charge in [0.15, 0.2) is 5.82 Å². The zero-order valence-electron chi connectivity index (χ0n) is 11.2. The number of aryl methyl sites for hydroxylation is 1. The molecule has 2 heterocycles. The van der Waals surface area contributed by atoms with Crippen LogP contribution in [0.5, 0.6) is 5.88 Å². The Morgan fingerprint density at radius 2 is 2.30 bits per heavy atom. The van der Waals surface area contributed by atoms with Gasteiger partial charge in [-0.25, -0.2) is 4.68 Å². The van der Waals surface area contributed by atoms with Crippen molar-refractivity contribution in [2.75, 3.05) is 13.2 Å². The molecule has 2 aromatic rings. The summed E-state index contributed by atoms with van der Waals surface area (Å²) in [4.78, 5) is 10.6. The number of hydrogen-bond acceptors (Lipinski definition) is 6. The fraction of sp³-hybridized carbons (Fsp3) is 0.455. The standard InChI is InChI=1S/C11H15N5O4/c1-8-10(16(18)19)11(20-7-3-6-17)13-15(8)9-4-5-12-14(9)2/h4-5,17H,3,6-7H2,1-2H3. The summed E-state index contributed by atoms with van der Waals surface area (Å²) in [6, 6.07) is 1.70. The van der Waals surface area contributed by atoms with Crippen LogP contribution in [0.25, 0.3) is 5.82 Å². The molecule has 0 aliphatic rings. The maximum Gasteiger partial charge on any atom is 0.353 e. The molecular weight excluding hydrogens is 266 g/mol. The van der Waals surface area contributed by atoms with Crippen LogP contribution in [0.3, 0.4) is 0 Å². The number of nitro groups is 1. The first kappa shape index (κ1) is 14.0. The van der Waals surface area contributed by atoms with E-state index in [2.05, 4.69) is 10.2 Å². The third-order valence-corrected chi connectivity index (χ3v) is 2.79. The lowest BCUT2D eigenvalue weighted by atomic mass is 10.4. The molecule has 0 aromatic carbocycles. The average Bonchev–Trinajstić information content (AvgIpc) is 2.93. The third kappa shape index (κ3) is 2.48. The van der Waals surface area contributed by atoms with Gasteiger partial charge in [0, 0.05) is 26.1 Å². The van der Waals surface area contributed by atoms with E-state index < -0.39 is 4.92 Å². The molecule has 0 atom stereocenters. The Hall–Kier alpha value is -2.42. The van der Waals surface area contributed by atoms with E-state index in [1.54, 1.807) is 30.9 Å². The van der Waals surface area contributed by atoms with Crippen molar-refractivity contribution in [1.82, 2.24) is 19.6 Å². The van der Waals surface area contributed by atoms with Crippen LogP contribution >= 0.6 is 0 Å². The van der Waals surface area contributed by atoms with Crippen molar-refractivity contribution < 1.29 is 14.8 Å². The Bertz CT molecular complexity index is 618. The summed E-state index contributed by atoms with van der Waals surface area (Å²) in [6.07, 6.45) is 1.96. The second-order valence-corrected chi connectivity index (χ2v) is 4.15. The second kappa shape index (κ2) is 5.70. The molecule has 0 aliphatic heterocycles. The molecule has 2 aromatic heterocycles. The van der Waals surface area contributed by atoms with Crippen molar-refractivity contribution in [3.63, 3.8) is 0 Å². The van der Waals surface area contributed by atoms with Gasteiger partial charge < -0.3 is 9.84 Å². The van der Waals surface area contributed by atoms with E-state index in [0.717, 1.165) is 0 Å². The highest BCUT2D eigenvalue weighted by atomic mass is 16.6. The van der Waals surface area contributed by atoms with Crippen molar-refractivity contribution in [2.45, 2.75) is 13.3 Å². The zero-order chi connectivity index (χ0) is 14.7. The number of hydrogen-bond donors (Lipinski definition) is 1. The molecule has 1 N–H and O–H groups in total. The molecule has 0 aliphatic carbocycles. The van der Waals surface area contributed by atoms with Crippen molar-refractivity contribution in [3.05, 3.63) is 28.1 Å². The van der Waals surface area contributed by atoms with Gasteiger partial charge in [0.2, 0.25) is 0 Å². The van der Waals surface area contributed by atoms with Gasteiger partial charge >= 0.3 is 11.6 Å². The minimum atomic E-state index is -0.524. The fourth-order valence-corrected chi connectivity index (χ4v) is 1.81. The Morgan fingerprint density at radius 1 is 1.55 bits per heavy atom. The zero-order valence-corrected chi connectivity index (χ0v) is 11.2. The average molecular weight is 281 g/mol. The molecule has 0 amide bonds. The first-order valence-electron chi connectivity index (χ1n) is 6.02. The summed E-state index contributed by atoms with van der Waals surface area (Å²) in [5.41, 5.74) is 0.182. The molecule has 20 heavy (non-hydrogen) atoms. The summed E-state index contributed by atoms with van der Waals surface area (Å²) in [5, 5.41) is 28.0. The maximum atomic E-state index is 11.1. The quantitative estimate of drug-likeness (QED) is 0.471. The lowest BCUT2D eigenvalue weighted by Crippen LogP contribution is -2.06. The van der Waals surface area contributed by atoms with Crippen LogP contribution in [0, 0.1) is 17.0 Å². The molecule has 0 radical (unpaired) electrons. The molecule has 0 unspecified atom stereocenters. The van der Waals surface area contributed by atoms with Crippen molar-refractivity contribution in [1.29, 1.82) is 0 Å². The van der Waals surface area contributed by atoms with Gasteiger partial charge in [-0.15, -0.1) is 5.10 Å². The maximum absolute atomic E-state index is 11.1. The predicted octanol–water partition coefficient (Wildman–Crippen LogP) is 0.584. The van der Waals surface area contributed by atoms with E-state index in [1.165, 1.54) is 4.68 Å². The Morgan fingerprint density at radius 3 is 2.85 bits per heavy atom. The molecule has 0 fully saturated rings. The van der Waals surface area contributed by atoms with Gasteiger partial charge in [-0.3, -0.25) is 14.8 Å². The Balaban J connectivity index is 2.42. The van der Waals surface area contributed by atoms with E-state index in [0.29, 0.717) is 17.9 Å². The van der Waals surface area contributed by atoms with Gasteiger partial charge in [-0.2, -0.15) is 5.10 Å². The van der Waals surface area contributed by atoms with Gasteiger partial charge in [0.1, 0.15) is 5.69 Å². The van der Waals surface area contributed by atoms with Crippen LogP contribution < -0.4 is 4.74 Å². The third-order valence-electron chi connectivity index (χ3n) is 2.79. The van der Waals surface area contributed by atoms with Crippen LogP contribution in [-0.2, 0) is 7.05 Å². The molecule has 108 valence electrons. The van der Waals surface area contributed by atoms with Gasteiger partial charge in [0.25, 0.3) is 0 Å². The number of aliphatic hydroxyl groups is 1. The molecule has 0 spiro atoms. The highest BCUT2D eigenvalue weighted by Gasteiger charge is 2.28. The van der Waals surface area contributed by atoms with Crippen molar-refractivity contribution in [2.24, 2.45) is 7.05 Å². The van der Waals surface area contributed by atoms with Crippen molar-refractivity contribution in [3.8, 4) is 11.7 Å². The highest BCUT2D eigenvalue weighted by molar-refractivity contribution is 5.48. The summed E-state index contributed by atoms with van der Waals surface area (Å²) in [7, 11) is 1.72. The summed E-state index contributed by atoms with van der Waals surface area (Å²) in [5.74, 6) is 0.546.